The van der Waals surface area contributed by atoms with Gasteiger partial charge in [-0.25, -0.2) is 0 Å². The number of pyridine rings is 1. The number of piperidine rings is 1. The highest BCUT2D eigenvalue weighted by Crippen LogP contribution is 2.38. The van der Waals surface area contributed by atoms with Crippen molar-refractivity contribution in [3.8, 4) is 33.9 Å². The Labute approximate surface area is 232 Å². The number of hydrogen-bond acceptors (Lipinski definition) is 7. The Morgan fingerprint density at radius 2 is 1.82 bits per heavy atom. The zero-order valence-corrected chi connectivity index (χ0v) is 22.5. The second kappa shape index (κ2) is 10.6. The van der Waals surface area contributed by atoms with Crippen LogP contribution >= 0.6 is 0 Å². The maximum absolute atomic E-state index is 13.4. The van der Waals surface area contributed by atoms with Gasteiger partial charge in [0.25, 0.3) is 5.91 Å². The van der Waals surface area contributed by atoms with Crippen molar-refractivity contribution in [2.45, 2.75) is 43.9 Å². The number of carbonyl (C=O) groups excluding carboxylic acids is 1. The normalized spacial score (nSPS) is 21.1. The average molecular weight is 541 g/mol. The first-order valence-electron chi connectivity index (χ1n) is 14.0. The minimum absolute atomic E-state index is 0.0145. The maximum atomic E-state index is 13.4. The average Bonchev–Trinajstić information content (AvgIpc) is 3.46. The van der Waals surface area contributed by atoms with Crippen LogP contribution in [0.2, 0.25) is 0 Å². The highest BCUT2D eigenvalue weighted by Gasteiger charge is 2.37. The summed E-state index contributed by atoms with van der Waals surface area (Å²) in [5, 5.41) is 0. The molecule has 8 heteroatoms. The number of benzene rings is 2. The Morgan fingerprint density at radius 1 is 0.975 bits per heavy atom. The molecule has 4 saturated heterocycles. The van der Waals surface area contributed by atoms with Crippen molar-refractivity contribution in [3.63, 3.8) is 0 Å². The number of rotatable bonds is 6. The monoisotopic (exact) mass is 540 g/mol. The van der Waals surface area contributed by atoms with E-state index in [9.17, 15) is 4.79 Å². The van der Waals surface area contributed by atoms with Crippen molar-refractivity contribution >= 4 is 17.0 Å². The minimum atomic E-state index is 0.0145. The molecule has 4 aliphatic rings. The van der Waals surface area contributed by atoms with E-state index in [0.29, 0.717) is 35.8 Å². The quantitative estimate of drug-likeness (QED) is 0.309. The van der Waals surface area contributed by atoms with Crippen LogP contribution in [0.15, 0.2) is 65.2 Å². The van der Waals surface area contributed by atoms with Crippen LogP contribution in [0.4, 0.5) is 0 Å². The van der Waals surface area contributed by atoms with Gasteiger partial charge in [-0.1, -0.05) is 12.1 Å². The van der Waals surface area contributed by atoms with Crippen molar-refractivity contribution < 1.29 is 28.2 Å². The third-order valence-electron chi connectivity index (χ3n) is 8.21. The number of hydrogen-bond donors (Lipinski definition) is 0. The fourth-order valence-corrected chi connectivity index (χ4v) is 5.99. The van der Waals surface area contributed by atoms with Gasteiger partial charge >= 0.3 is 0 Å². The molecule has 206 valence electrons. The van der Waals surface area contributed by atoms with E-state index < -0.39 is 0 Å². The zero-order valence-electron chi connectivity index (χ0n) is 22.5. The van der Waals surface area contributed by atoms with Crippen LogP contribution in [0.25, 0.3) is 33.6 Å². The molecule has 8 rings (SSSR count). The van der Waals surface area contributed by atoms with E-state index >= 15 is 0 Å². The number of furan rings is 1. The summed E-state index contributed by atoms with van der Waals surface area (Å²) in [7, 11) is 1.61. The molecule has 2 unspecified atom stereocenters. The Kier molecular flexibility index (Phi) is 6.65. The molecular formula is C32H32N2O6. The first-order valence-corrected chi connectivity index (χ1v) is 14.0. The molecule has 4 aromatic rings. The molecule has 40 heavy (non-hydrogen) atoms. The van der Waals surface area contributed by atoms with Gasteiger partial charge in [-0.15, -0.1) is 0 Å². The molecule has 0 aliphatic carbocycles. The summed E-state index contributed by atoms with van der Waals surface area (Å²) in [5.74, 6) is 2.08. The van der Waals surface area contributed by atoms with Gasteiger partial charge in [0, 0.05) is 42.8 Å². The van der Waals surface area contributed by atoms with Crippen LogP contribution in [-0.4, -0.2) is 67.5 Å². The molecule has 0 radical (unpaired) electrons. The van der Waals surface area contributed by atoms with Crippen molar-refractivity contribution in [3.05, 3.63) is 66.4 Å². The van der Waals surface area contributed by atoms with Gasteiger partial charge in [0.1, 0.15) is 28.9 Å². The third kappa shape index (κ3) is 4.71. The standard InChI is InChI=1S/C32H32N2O6/c1-36-29-16-21(32(35)34-18-25-8-5-22(34)19-38-25)4-9-27(29)30-17-28-31(40-30)26(10-13-33-28)20-2-6-23(7-3-20)39-24-11-14-37-15-12-24/h2-4,6-7,9-10,13,16-17,22,24-25H,5,8,11-12,14-15,18-19H2,1H3. The number of morpholine rings is 1. The van der Waals surface area contributed by atoms with Gasteiger partial charge in [-0.3, -0.25) is 9.78 Å². The largest absolute Gasteiger partial charge is 0.496 e. The second-order valence-corrected chi connectivity index (χ2v) is 10.7. The Balaban J connectivity index is 1.15. The van der Waals surface area contributed by atoms with E-state index in [1.165, 1.54) is 0 Å². The fourth-order valence-electron chi connectivity index (χ4n) is 5.99. The van der Waals surface area contributed by atoms with Crippen LogP contribution in [0.5, 0.6) is 11.5 Å². The van der Waals surface area contributed by atoms with E-state index in [2.05, 4.69) is 4.98 Å². The smallest absolute Gasteiger partial charge is 0.254 e. The lowest BCUT2D eigenvalue weighted by molar-refractivity contribution is -0.0915. The Bertz CT molecular complexity index is 1520. The van der Waals surface area contributed by atoms with Crippen molar-refractivity contribution in [1.82, 2.24) is 9.88 Å². The lowest BCUT2D eigenvalue weighted by Gasteiger charge is -2.45. The Morgan fingerprint density at radius 3 is 2.55 bits per heavy atom. The molecule has 4 aliphatic heterocycles. The molecule has 0 spiro atoms. The van der Waals surface area contributed by atoms with Crippen molar-refractivity contribution in [2.24, 2.45) is 0 Å². The summed E-state index contributed by atoms with van der Waals surface area (Å²) in [5.41, 5.74) is 4.78. The molecule has 8 nitrogen and oxygen atoms in total. The van der Waals surface area contributed by atoms with E-state index in [-0.39, 0.29) is 24.2 Å². The maximum Gasteiger partial charge on any atom is 0.254 e. The number of fused-ring (bicyclic) bond motifs is 4. The lowest BCUT2D eigenvalue weighted by Crippen LogP contribution is -2.56. The summed E-state index contributed by atoms with van der Waals surface area (Å²) in [4.78, 5) is 19.8. The summed E-state index contributed by atoms with van der Waals surface area (Å²) >= 11 is 0. The van der Waals surface area contributed by atoms with Gasteiger partial charge in [0.15, 0.2) is 5.58 Å². The first-order chi connectivity index (χ1) is 19.7. The lowest BCUT2D eigenvalue weighted by atomic mass is 9.96. The zero-order chi connectivity index (χ0) is 27.1. The van der Waals surface area contributed by atoms with E-state index in [1.54, 1.807) is 19.4 Å². The molecule has 4 fully saturated rings. The van der Waals surface area contributed by atoms with Gasteiger partial charge in [0.05, 0.1) is 44.6 Å². The number of methoxy groups -OCH3 is 1. The molecule has 2 aromatic heterocycles. The van der Waals surface area contributed by atoms with Crippen molar-refractivity contribution in [2.75, 3.05) is 33.5 Å². The predicted octanol–water partition coefficient (Wildman–Crippen LogP) is 5.73. The SMILES string of the molecule is COc1cc(C(=O)N2CC3CCC2CO3)ccc1-c1cc2nccc(-c3ccc(OC4CCOCC4)cc3)c2o1. The summed E-state index contributed by atoms with van der Waals surface area (Å²) in [6.07, 6.45) is 5.96. The third-order valence-corrected chi connectivity index (χ3v) is 8.21. The number of aromatic nitrogens is 1. The highest BCUT2D eigenvalue weighted by molar-refractivity contribution is 5.97. The molecule has 2 bridgehead atoms. The molecule has 0 N–H and O–H groups in total. The van der Waals surface area contributed by atoms with Gasteiger partial charge in [-0.05, 0) is 54.8 Å². The molecule has 2 atom stereocenters. The number of ether oxygens (including phenoxy) is 4. The number of amides is 1. The van der Waals surface area contributed by atoms with Gasteiger partial charge in [0.2, 0.25) is 0 Å². The van der Waals surface area contributed by atoms with Crippen LogP contribution in [0.3, 0.4) is 0 Å². The summed E-state index contributed by atoms with van der Waals surface area (Å²) in [6, 6.07) is 17.7. The fraction of sp³-hybridized carbons (Fsp3) is 0.375. The highest BCUT2D eigenvalue weighted by atomic mass is 16.5. The van der Waals surface area contributed by atoms with E-state index in [0.717, 1.165) is 66.9 Å². The molecule has 1 amide bonds. The second-order valence-electron chi connectivity index (χ2n) is 10.7. The first kappa shape index (κ1) is 25.1. The predicted molar refractivity (Wildman–Crippen MR) is 150 cm³/mol. The van der Waals surface area contributed by atoms with E-state index in [4.69, 9.17) is 23.4 Å². The van der Waals surface area contributed by atoms with Gasteiger partial charge in [-0.2, -0.15) is 0 Å². The topological polar surface area (TPSA) is 83.3 Å². The van der Waals surface area contributed by atoms with Crippen LogP contribution in [0, 0.1) is 0 Å². The number of carbonyl (C=O) groups is 1. The Hall–Kier alpha value is -3.88. The molecule has 6 heterocycles. The summed E-state index contributed by atoms with van der Waals surface area (Å²) in [6.45, 7) is 2.76. The van der Waals surface area contributed by atoms with Gasteiger partial charge < -0.3 is 28.3 Å². The van der Waals surface area contributed by atoms with E-state index in [1.807, 2.05) is 53.4 Å². The van der Waals surface area contributed by atoms with Crippen molar-refractivity contribution in [1.29, 1.82) is 0 Å². The summed E-state index contributed by atoms with van der Waals surface area (Å²) < 4.78 is 29.5. The molecular weight excluding hydrogens is 508 g/mol. The van der Waals surface area contributed by atoms with Crippen LogP contribution in [-0.2, 0) is 9.47 Å². The molecule has 0 saturated carbocycles. The van der Waals surface area contributed by atoms with Crippen LogP contribution in [0.1, 0.15) is 36.0 Å². The minimum Gasteiger partial charge on any atom is -0.496 e. The number of nitrogens with zero attached hydrogens (tertiary/aromatic N) is 2. The molecule has 2 aromatic carbocycles. The van der Waals surface area contributed by atoms with Crippen LogP contribution < -0.4 is 9.47 Å².